The second-order valence-electron chi connectivity index (χ2n) is 6.80. The quantitative estimate of drug-likeness (QED) is 0.828. The molecule has 0 spiro atoms. The van der Waals surface area contributed by atoms with Crippen molar-refractivity contribution in [1.82, 2.24) is 5.32 Å². The van der Waals surface area contributed by atoms with Crippen LogP contribution in [0.25, 0.3) is 0 Å². The van der Waals surface area contributed by atoms with E-state index in [0.29, 0.717) is 6.04 Å². The Kier molecular flexibility index (Phi) is 5.53. The first-order chi connectivity index (χ1) is 9.90. The third kappa shape index (κ3) is 5.17. The van der Waals surface area contributed by atoms with Gasteiger partial charge in [-0.15, -0.1) is 0 Å². The SMILES string of the molecule is COCCN(c1ccc(CNC(C)(C)C)c(Cl)c1)C1CC1. The lowest BCUT2D eigenvalue weighted by molar-refractivity contribution is 0.205. The van der Waals surface area contributed by atoms with Crippen LogP contribution in [0.5, 0.6) is 0 Å². The van der Waals surface area contributed by atoms with E-state index in [-0.39, 0.29) is 5.54 Å². The number of halogens is 1. The number of hydrogen-bond acceptors (Lipinski definition) is 3. The number of rotatable bonds is 7. The molecule has 1 N–H and O–H groups in total. The van der Waals surface area contributed by atoms with Crippen molar-refractivity contribution < 1.29 is 4.74 Å². The predicted molar refractivity (Wildman–Crippen MR) is 90.3 cm³/mol. The summed E-state index contributed by atoms with van der Waals surface area (Å²) in [6, 6.07) is 7.07. The van der Waals surface area contributed by atoms with Crippen molar-refractivity contribution in [1.29, 1.82) is 0 Å². The van der Waals surface area contributed by atoms with Gasteiger partial charge in [0.15, 0.2) is 0 Å². The van der Waals surface area contributed by atoms with E-state index in [9.17, 15) is 0 Å². The van der Waals surface area contributed by atoms with Crippen LogP contribution in [-0.4, -0.2) is 31.8 Å². The maximum atomic E-state index is 6.46. The summed E-state index contributed by atoms with van der Waals surface area (Å²) in [5, 5.41) is 4.32. The minimum Gasteiger partial charge on any atom is -0.383 e. The first-order valence-electron chi connectivity index (χ1n) is 7.70. The molecule has 0 aliphatic heterocycles. The van der Waals surface area contributed by atoms with Crippen LogP contribution < -0.4 is 10.2 Å². The van der Waals surface area contributed by atoms with Gasteiger partial charge in [-0.25, -0.2) is 0 Å². The lowest BCUT2D eigenvalue weighted by Crippen LogP contribution is -2.35. The zero-order valence-corrected chi connectivity index (χ0v) is 14.3. The molecule has 118 valence electrons. The monoisotopic (exact) mass is 310 g/mol. The second kappa shape index (κ2) is 6.99. The highest BCUT2D eigenvalue weighted by molar-refractivity contribution is 6.31. The molecular weight excluding hydrogens is 284 g/mol. The first kappa shape index (κ1) is 16.6. The number of nitrogens with one attached hydrogen (secondary N) is 1. The van der Waals surface area contributed by atoms with Crippen molar-refractivity contribution in [3.8, 4) is 0 Å². The molecule has 3 nitrogen and oxygen atoms in total. The molecule has 1 aromatic rings. The molecule has 1 aliphatic carbocycles. The molecule has 1 aliphatic rings. The van der Waals surface area contributed by atoms with Crippen molar-refractivity contribution in [3.63, 3.8) is 0 Å². The number of hydrogen-bond donors (Lipinski definition) is 1. The molecule has 4 heteroatoms. The van der Waals surface area contributed by atoms with Crippen molar-refractivity contribution in [2.45, 2.75) is 51.7 Å². The molecule has 1 fully saturated rings. The largest absolute Gasteiger partial charge is 0.383 e. The molecule has 0 unspecified atom stereocenters. The Morgan fingerprint density at radius 1 is 1.33 bits per heavy atom. The Hall–Kier alpha value is -0.770. The number of methoxy groups -OCH3 is 1. The van der Waals surface area contributed by atoms with Crippen molar-refractivity contribution in [2.24, 2.45) is 0 Å². The number of ether oxygens (including phenoxy) is 1. The summed E-state index contributed by atoms with van der Waals surface area (Å²) in [4.78, 5) is 2.41. The fourth-order valence-electron chi connectivity index (χ4n) is 2.32. The average Bonchev–Trinajstić information content (AvgIpc) is 3.21. The second-order valence-corrected chi connectivity index (χ2v) is 7.20. The van der Waals surface area contributed by atoms with E-state index in [1.807, 2.05) is 0 Å². The van der Waals surface area contributed by atoms with Gasteiger partial charge in [0.1, 0.15) is 0 Å². The zero-order valence-electron chi connectivity index (χ0n) is 13.6. The van der Waals surface area contributed by atoms with E-state index in [1.54, 1.807) is 7.11 Å². The Morgan fingerprint density at radius 3 is 2.57 bits per heavy atom. The van der Waals surface area contributed by atoms with E-state index in [1.165, 1.54) is 18.5 Å². The lowest BCUT2D eigenvalue weighted by Gasteiger charge is -2.25. The summed E-state index contributed by atoms with van der Waals surface area (Å²) in [6.07, 6.45) is 2.54. The molecule has 0 amide bonds. The van der Waals surface area contributed by atoms with E-state index >= 15 is 0 Å². The number of anilines is 1. The van der Waals surface area contributed by atoms with E-state index in [2.05, 4.69) is 49.2 Å². The van der Waals surface area contributed by atoms with Crippen LogP contribution in [0, 0.1) is 0 Å². The standard InChI is InChI=1S/C17H27ClN2O/c1-17(2,3)19-12-13-5-6-15(11-16(13)18)20(9-10-21-4)14-7-8-14/h5-6,11,14,19H,7-10,12H2,1-4H3. The minimum atomic E-state index is 0.0977. The van der Waals surface area contributed by atoms with Crippen LogP contribution in [0.4, 0.5) is 5.69 Å². The molecule has 0 heterocycles. The number of benzene rings is 1. The van der Waals surface area contributed by atoms with Gasteiger partial charge >= 0.3 is 0 Å². The highest BCUT2D eigenvalue weighted by atomic mass is 35.5. The summed E-state index contributed by atoms with van der Waals surface area (Å²) < 4.78 is 5.22. The molecule has 1 saturated carbocycles. The molecule has 2 rings (SSSR count). The fourth-order valence-corrected chi connectivity index (χ4v) is 2.56. The van der Waals surface area contributed by atoms with Gasteiger partial charge in [-0.05, 0) is 51.3 Å². The highest BCUT2D eigenvalue weighted by Crippen LogP contribution is 2.33. The summed E-state index contributed by atoms with van der Waals surface area (Å²) >= 11 is 6.46. The van der Waals surface area contributed by atoms with Gasteiger partial charge in [-0.1, -0.05) is 17.7 Å². The van der Waals surface area contributed by atoms with E-state index in [0.717, 1.165) is 30.3 Å². The predicted octanol–water partition coefficient (Wildman–Crippen LogP) is 3.84. The molecule has 0 atom stereocenters. The third-order valence-electron chi connectivity index (χ3n) is 3.70. The third-order valence-corrected chi connectivity index (χ3v) is 4.05. The van der Waals surface area contributed by atoms with Crippen LogP contribution in [0.15, 0.2) is 18.2 Å². The molecular formula is C17H27ClN2O. The van der Waals surface area contributed by atoms with Gasteiger partial charge < -0.3 is 15.0 Å². The molecule has 0 saturated heterocycles. The van der Waals surface area contributed by atoms with Crippen LogP contribution in [0.1, 0.15) is 39.2 Å². The fraction of sp³-hybridized carbons (Fsp3) is 0.647. The van der Waals surface area contributed by atoms with Gasteiger partial charge in [-0.3, -0.25) is 0 Å². The van der Waals surface area contributed by atoms with Crippen LogP contribution in [0.2, 0.25) is 5.02 Å². The Labute approximate surface area is 133 Å². The molecule has 0 aromatic heterocycles. The van der Waals surface area contributed by atoms with Gasteiger partial charge in [0.25, 0.3) is 0 Å². The van der Waals surface area contributed by atoms with Crippen LogP contribution in [0.3, 0.4) is 0 Å². The maximum Gasteiger partial charge on any atom is 0.0637 e. The normalized spacial score (nSPS) is 15.3. The smallest absolute Gasteiger partial charge is 0.0637 e. The van der Waals surface area contributed by atoms with E-state index < -0.39 is 0 Å². The molecule has 0 bridgehead atoms. The number of nitrogens with zero attached hydrogens (tertiary/aromatic N) is 1. The topological polar surface area (TPSA) is 24.5 Å². The highest BCUT2D eigenvalue weighted by Gasteiger charge is 2.29. The van der Waals surface area contributed by atoms with Crippen molar-refractivity contribution in [2.75, 3.05) is 25.2 Å². The Bertz CT molecular complexity index is 466. The molecule has 0 radical (unpaired) electrons. The summed E-state index contributed by atoms with van der Waals surface area (Å²) in [5.41, 5.74) is 2.46. The Morgan fingerprint density at radius 2 is 2.05 bits per heavy atom. The summed E-state index contributed by atoms with van der Waals surface area (Å²) in [6.45, 7) is 8.96. The zero-order chi connectivity index (χ0) is 15.5. The summed E-state index contributed by atoms with van der Waals surface area (Å²) in [7, 11) is 1.75. The van der Waals surface area contributed by atoms with Crippen LogP contribution >= 0.6 is 11.6 Å². The van der Waals surface area contributed by atoms with Crippen molar-refractivity contribution >= 4 is 17.3 Å². The van der Waals surface area contributed by atoms with Gasteiger partial charge in [-0.2, -0.15) is 0 Å². The lowest BCUT2D eigenvalue weighted by atomic mass is 10.1. The first-order valence-corrected chi connectivity index (χ1v) is 8.07. The van der Waals surface area contributed by atoms with Crippen molar-refractivity contribution in [3.05, 3.63) is 28.8 Å². The van der Waals surface area contributed by atoms with Gasteiger partial charge in [0.05, 0.1) is 6.61 Å². The maximum absolute atomic E-state index is 6.46. The van der Waals surface area contributed by atoms with Gasteiger partial charge in [0, 0.05) is 42.5 Å². The van der Waals surface area contributed by atoms with E-state index in [4.69, 9.17) is 16.3 Å². The molecule has 21 heavy (non-hydrogen) atoms. The molecule has 1 aromatic carbocycles. The minimum absolute atomic E-state index is 0.0977. The summed E-state index contributed by atoms with van der Waals surface area (Å²) in [5.74, 6) is 0. The average molecular weight is 311 g/mol. The Balaban J connectivity index is 2.06. The van der Waals surface area contributed by atoms with Crippen LogP contribution in [-0.2, 0) is 11.3 Å². The van der Waals surface area contributed by atoms with Gasteiger partial charge in [0.2, 0.25) is 0 Å².